The fourth-order valence-electron chi connectivity index (χ4n) is 2.99. The smallest absolute Gasteiger partial charge is 0.225 e. The van der Waals surface area contributed by atoms with Crippen LogP contribution in [0.5, 0.6) is 0 Å². The molecule has 1 amide bonds. The molecule has 20 heavy (non-hydrogen) atoms. The van der Waals surface area contributed by atoms with Gasteiger partial charge in [-0.1, -0.05) is 12.5 Å². The Morgan fingerprint density at radius 2 is 2.00 bits per heavy atom. The first-order valence-corrected chi connectivity index (χ1v) is 7.71. The van der Waals surface area contributed by atoms with E-state index in [0.29, 0.717) is 11.8 Å². The first-order chi connectivity index (χ1) is 9.74. The zero-order valence-corrected chi connectivity index (χ0v) is 12.2. The molecule has 2 fully saturated rings. The van der Waals surface area contributed by atoms with Gasteiger partial charge in [-0.25, -0.2) is 4.98 Å². The normalized spacial score (nSPS) is 20.4. The van der Waals surface area contributed by atoms with Crippen molar-refractivity contribution in [2.75, 3.05) is 31.1 Å². The van der Waals surface area contributed by atoms with Crippen LogP contribution in [0.4, 0.5) is 5.82 Å². The van der Waals surface area contributed by atoms with E-state index < -0.39 is 0 Å². The van der Waals surface area contributed by atoms with Crippen molar-refractivity contribution in [3.8, 4) is 0 Å². The van der Waals surface area contributed by atoms with Gasteiger partial charge in [0.15, 0.2) is 0 Å². The van der Waals surface area contributed by atoms with Crippen LogP contribution in [-0.2, 0) is 4.79 Å². The van der Waals surface area contributed by atoms with Crippen molar-refractivity contribution in [2.45, 2.75) is 32.6 Å². The molecule has 4 nitrogen and oxygen atoms in total. The Kier molecular flexibility index (Phi) is 3.90. The van der Waals surface area contributed by atoms with Crippen LogP contribution in [-0.4, -0.2) is 42.0 Å². The number of aryl methyl sites for hydroxylation is 1. The summed E-state index contributed by atoms with van der Waals surface area (Å²) in [4.78, 5) is 21.3. The van der Waals surface area contributed by atoms with Gasteiger partial charge in [0.05, 0.1) is 0 Å². The number of anilines is 1. The summed E-state index contributed by atoms with van der Waals surface area (Å²) in [7, 11) is 0. The van der Waals surface area contributed by atoms with E-state index in [1.54, 1.807) is 0 Å². The number of carbonyl (C=O) groups is 1. The summed E-state index contributed by atoms with van der Waals surface area (Å²) in [6.07, 6.45) is 4.45. The van der Waals surface area contributed by atoms with Gasteiger partial charge in [-0.05, 0) is 38.3 Å². The molecular weight excluding hydrogens is 250 g/mol. The van der Waals surface area contributed by atoms with E-state index in [2.05, 4.69) is 26.9 Å². The predicted molar refractivity (Wildman–Crippen MR) is 79.7 cm³/mol. The average Bonchev–Trinajstić information content (AvgIpc) is 2.62. The number of hydrogen-bond acceptors (Lipinski definition) is 3. The maximum Gasteiger partial charge on any atom is 0.225 e. The standard InChI is InChI=1S/C16H23N3O/c1-13-5-2-8-15(17-13)18-9-4-10-19(12-11-18)16(20)14-6-3-7-14/h2,5,8,14H,3-4,6-7,9-12H2,1H3. The van der Waals surface area contributed by atoms with Crippen LogP contribution >= 0.6 is 0 Å². The Balaban J connectivity index is 1.63. The molecular formula is C16H23N3O. The highest BCUT2D eigenvalue weighted by atomic mass is 16.2. The minimum atomic E-state index is 0.318. The molecule has 0 bridgehead atoms. The zero-order chi connectivity index (χ0) is 13.9. The molecule has 2 heterocycles. The van der Waals surface area contributed by atoms with E-state index in [4.69, 9.17) is 0 Å². The average molecular weight is 273 g/mol. The quantitative estimate of drug-likeness (QED) is 0.829. The molecule has 1 aromatic heterocycles. The zero-order valence-electron chi connectivity index (χ0n) is 12.2. The van der Waals surface area contributed by atoms with Crippen LogP contribution in [0.25, 0.3) is 0 Å². The first kappa shape index (κ1) is 13.4. The maximum absolute atomic E-state index is 12.3. The van der Waals surface area contributed by atoms with E-state index in [9.17, 15) is 4.79 Å². The molecule has 0 N–H and O–H groups in total. The highest BCUT2D eigenvalue weighted by Gasteiger charge is 2.30. The van der Waals surface area contributed by atoms with Crippen molar-refractivity contribution >= 4 is 11.7 Å². The van der Waals surface area contributed by atoms with Crippen LogP contribution in [0.3, 0.4) is 0 Å². The van der Waals surface area contributed by atoms with Crippen molar-refractivity contribution < 1.29 is 4.79 Å². The number of amides is 1. The van der Waals surface area contributed by atoms with Crippen molar-refractivity contribution in [2.24, 2.45) is 5.92 Å². The second-order valence-electron chi connectivity index (χ2n) is 5.93. The summed E-state index contributed by atoms with van der Waals surface area (Å²) < 4.78 is 0. The summed E-state index contributed by atoms with van der Waals surface area (Å²) in [5.74, 6) is 1.75. The Morgan fingerprint density at radius 3 is 2.70 bits per heavy atom. The summed E-state index contributed by atoms with van der Waals surface area (Å²) in [5, 5.41) is 0. The van der Waals surface area contributed by atoms with Crippen molar-refractivity contribution in [3.05, 3.63) is 23.9 Å². The Bertz CT molecular complexity index is 484. The molecule has 0 unspecified atom stereocenters. The lowest BCUT2D eigenvalue weighted by molar-refractivity contribution is -0.137. The second kappa shape index (κ2) is 5.81. The molecule has 3 rings (SSSR count). The summed E-state index contributed by atoms with van der Waals surface area (Å²) >= 11 is 0. The molecule has 0 atom stereocenters. The number of pyridine rings is 1. The molecule has 1 aromatic rings. The van der Waals surface area contributed by atoms with E-state index >= 15 is 0 Å². The molecule has 108 valence electrons. The molecule has 1 aliphatic heterocycles. The number of aromatic nitrogens is 1. The molecule has 1 saturated carbocycles. The van der Waals surface area contributed by atoms with Gasteiger partial charge in [0, 0.05) is 37.8 Å². The van der Waals surface area contributed by atoms with Gasteiger partial charge in [-0.2, -0.15) is 0 Å². The minimum absolute atomic E-state index is 0.318. The Hall–Kier alpha value is -1.58. The van der Waals surface area contributed by atoms with Gasteiger partial charge in [-0.3, -0.25) is 4.79 Å². The van der Waals surface area contributed by atoms with Crippen LogP contribution in [0.1, 0.15) is 31.4 Å². The highest BCUT2D eigenvalue weighted by Crippen LogP contribution is 2.28. The summed E-state index contributed by atoms with van der Waals surface area (Å²) in [6.45, 7) is 5.65. The van der Waals surface area contributed by atoms with Gasteiger partial charge in [0.25, 0.3) is 0 Å². The van der Waals surface area contributed by atoms with E-state index in [0.717, 1.165) is 57.0 Å². The monoisotopic (exact) mass is 273 g/mol. The third kappa shape index (κ3) is 2.79. The van der Waals surface area contributed by atoms with Crippen LogP contribution in [0.2, 0.25) is 0 Å². The lowest BCUT2D eigenvalue weighted by Gasteiger charge is -2.31. The fraction of sp³-hybridized carbons (Fsp3) is 0.625. The lowest BCUT2D eigenvalue weighted by atomic mass is 9.84. The van der Waals surface area contributed by atoms with Gasteiger partial charge in [0.2, 0.25) is 5.91 Å². The highest BCUT2D eigenvalue weighted by molar-refractivity contribution is 5.79. The van der Waals surface area contributed by atoms with Gasteiger partial charge in [-0.15, -0.1) is 0 Å². The number of nitrogens with zero attached hydrogens (tertiary/aromatic N) is 3. The third-order valence-electron chi connectivity index (χ3n) is 4.46. The van der Waals surface area contributed by atoms with Crippen LogP contribution in [0, 0.1) is 12.8 Å². The molecule has 2 aliphatic rings. The minimum Gasteiger partial charge on any atom is -0.355 e. The van der Waals surface area contributed by atoms with Crippen molar-refractivity contribution in [1.29, 1.82) is 0 Å². The largest absolute Gasteiger partial charge is 0.355 e. The molecule has 0 spiro atoms. The first-order valence-electron chi connectivity index (χ1n) is 7.71. The van der Waals surface area contributed by atoms with Gasteiger partial charge < -0.3 is 9.80 Å². The summed E-state index contributed by atoms with van der Waals surface area (Å²) in [5.41, 5.74) is 1.05. The van der Waals surface area contributed by atoms with Crippen LogP contribution in [0.15, 0.2) is 18.2 Å². The molecule has 1 saturated heterocycles. The molecule has 1 aliphatic carbocycles. The molecule has 0 radical (unpaired) electrons. The maximum atomic E-state index is 12.3. The lowest BCUT2D eigenvalue weighted by Crippen LogP contribution is -2.41. The van der Waals surface area contributed by atoms with Crippen LogP contribution < -0.4 is 4.90 Å². The SMILES string of the molecule is Cc1cccc(N2CCCN(C(=O)C3CCC3)CC2)n1. The Morgan fingerprint density at radius 1 is 1.15 bits per heavy atom. The molecule has 4 heteroatoms. The van der Waals surface area contributed by atoms with E-state index in [1.807, 2.05) is 13.0 Å². The van der Waals surface area contributed by atoms with E-state index in [1.165, 1.54) is 6.42 Å². The van der Waals surface area contributed by atoms with Crippen molar-refractivity contribution in [1.82, 2.24) is 9.88 Å². The fourth-order valence-corrected chi connectivity index (χ4v) is 2.99. The number of hydrogen-bond donors (Lipinski definition) is 0. The third-order valence-corrected chi connectivity index (χ3v) is 4.46. The van der Waals surface area contributed by atoms with Crippen molar-refractivity contribution in [3.63, 3.8) is 0 Å². The molecule has 0 aromatic carbocycles. The van der Waals surface area contributed by atoms with Gasteiger partial charge >= 0.3 is 0 Å². The topological polar surface area (TPSA) is 36.4 Å². The predicted octanol–water partition coefficient (Wildman–Crippen LogP) is 2.23. The Labute approximate surface area is 120 Å². The number of carbonyl (C=O) groups excluding carboxylic acids is 1. The van der Waals surface area contributed by atoms with E-state index in [-0.39, 0.29) is 0 Å². The summed E-state index contributed by atoms with van der Waals surface area (Å²) in [6, 6.07) is 6.14. The second-order valence-corrected chi connectivity index (χ2v) is 5.93. The number of rotatable bonds is 2. The van der Waals surface area contributed by atoms with Gasteiger partial charge in [0.1, 0.15) is 5.82 Å².